The number of aryl methyl sites for hydroxylation is 2. The zero-order valence-electron chi connectivity index (χ0n) is 15.2. The first-order valence-corrected chi connectivity index (χ1v) is 9.03. The van der Waals surface area contributed by atoms with Gasteiger partial charge in [0, 0.05) is 26.7 Å². The molecule has 0 bridgehead atoms. The normalized spacial score (nSPS) is 18.3. The van der Waals surface area contributed by atoms with E-state index in [1.807, 2.05) is 20.2 Å². The molecule has 0 N–H and O–H groups in total. The molecule has 1 aliphatic rings. The highest BCUT2D eigenvalue weighted by Gasteiger charge is 2.20. The third kappa shape index (κ3) is 2.81. The maximum atomic E-state index is 12.1. The summed E-state index contributed by atoms with van der Waals surface area (Å²) in [6.45, 7) is 4.53. The maximum absolute atomic E-state index is 12.1. The van der Waals surface area contributed by atoms with E-state index in [0.29, 0.717) is 6.04 Å². The van der Waals surface area contributed by atoms with Gasteiger partial charge in [-0.1, -0.05) is 24.3 Å². The Balaban J connectivity index is 1.70. The minimum absolute atomic E-state index is 0.0175. The lowest BCUT2D eigenvalue weighted by molar-refractivity contribution is 0.260. The second-order valence-electron chi connectivity index (χ2n) is 7.27. The lowest BCUT2D eigenvalue weighted by Gasteiger charge is -2.21. The number of rotatable bonds is 3. The highest BCUT2D eigenvalue weighted by Crippen LogP contribution is 2.26. The van der Waals surface area contributed by atoms with Crippen molar-refractivity contribution in [2.75, 3.05) is 6.54 Å². The van der Waals surface area contributed by atoms with Crippen LogP contribution < -0.4 is 5.69 Å². The number of hydrogen-bond donors (Lipinski definition) is 0. The van der Waals surface area contributed by atoms with Crippen LogP contribution in [0.2, 0.25) is 0 Å². The summed E-state index contributed by atoms with van der Waals surface area (Å²) in [6.07, 6.45) is 2.61. The number of hydrogen-bond acceptors (Lipinski definition) is 2. The molecule has 0 radical (unpaired) electrons. The van der Waals surface area contributed by atoms with E-state index in [1.54, 1.807) is 9.13 Å². The van der Waals surface area contributed by atoms with Crippen LogP contribution in [0.3, 0.4) is 0 Å². The van der Waals surface area contributed by atoms with Crippen molar-refractivity contribution in [3.8, 4) is 11.1 Å². The van der Waals surface area contributed by atoms with Crippen molar-refractivity contribution < 1.29 is 0 Å². The number of likely N-dealkylation sites (tertiary alicyclic amines) is 1. The van der Waals surface area contributed by atoms with Crippen LogP contribution in [0.1, 0.15) is 25.3 Å². The number of imidazole rings is 1. The summed E-state index contributed by atoms with van der Waals surface area (Å²) in [5, 5.41) is 0. The Labute approximate surface area is 148 Å². The molecule has 4 rings (SSSR count). The lowest BCUT2D eigenvalue weighted by Crippen LogP contribution is -2.26. The molecule has 1 atom stereocenters. The van der Waals surface area contributed by atoms with E-state index >= 15 is 0 Å². The fraction of sp³-hybridized carbons (Fsp3) is 0.381. The number of fused-ring (bicyclic) bond motifs is 1. The van der Waals surface area contributed by atoms with Gasteiger partial charge in [-0.25, -0.2) is 4.79 Å². The van der Waals surface area contributed by atoms with Gasteiger partial charge in [0.25, 0.3) is 0 Å². The van der Waals surface area contributed by atoms with Crippen molar-refractivity contribution in [3.63, 3.8) is 0 Å². The van der Waals surface area contributed by atoms with Gasteiger partial charge in [0.1, 0.15) is 0 Å². The van der Waals surface area contributed by atoms with Gasteiger partial charge in [-0.3, -0.25) is 14.0 Å². The summed E-state index contributed by atoms with van der Waals surface area (Å²) >= 11 is 0. The summed E-state index contributed by atoms with van der Waals surface area (Å²) in [6, 6.07) is 15.7. The summed E-state index contributed by atoms with van der Waals surface area (Å²) in [5.41, 5.74) is 5.69. The average molecular weight is 335 g/mol. The van der Waals surface area contributed by atoms with Gasteiger partial charge in [0.15, 0.2) is 0 Å². The van der Waals surface area contributed by atoms with E-state index < -0.39 is 0 Å². The number of aromatic nitrogens is 2. The molecule has 1 aliphatic heterocycles. The van der Waals surface area contributed by atoms with Crippen LogP contribution in [0.15, 0.2) is 47.3 Å². The largest absolute Gasteiger partial charge is 0.328 e. The molecule has 2 heterocycles. The first-order chi connectivity index (χ1) is 12.0. The number of benzene rings is 2. The standard InChI is InChI=1S/C21H25N3O/c1-15-6-5-11-24(15)14-16-7-4-8-17(12-16)18-9-10-19-20(13-18)23(3)21(25)22(19)2/h4,7-10,12-13,15H,5-6,11,14H2,1-3H3. The Morgan fingerprint density at radius 2 is 1.76 bits per heavy atom. The predicted octanol–water partition coefficient (Wildman–Crippen LogP) is 3.53. The molecule has 1 saturated heterocycles. The molecule has 1 unspecified atom stereocenters. The molecular formula is C21H25N3O. The molecule has 2 aromatic carbocycles. The van der Waals surface area contributed by atoms with E-state index in [4.69, 9.17) is 0 Å². The van der Waals surface area contributed by atoms with Crippen molar-refractivity contribution in [1.29, 1.82) is 0 Å². The molecule has 4 heteroatoms. The second-order valence-corrected chi connectivity index (χ2v) is 7.27. The van der Waals surface area contributed by atoms with Crippen LogP contribution in [-0.4, -0.2) is 26.6 Å². The van der Waals surface area contributed by atoms with Gasteiger partial charge < -0.3 is 0 Å². The molecule has 0 amide bonds. The molecule has 0 saturated carbocycles. The Hall–Kier alpha value is -2.33. The summed E-state index contributed by atoms with van der Waals surface area (Å²) < 4.78 is 3.42. The summed E-state index contributed by atoms with van der Waals surface area (Å²) in [4.78, 5) is 14.7. The van der Waals surface area contributed by atoms with E-state index in [0.717, 1.165) is 23.1 Å². The highest BCUT2D eigenvalue weighted by molar-refractivity contribution is 5.82. The van der Waals surface area contributed by atoms with Crippen LogP contribution in [0.4, 0.5) is 0 Å². The molecule has 25 heavy (non-hydrogen) atoms. The van der Waals surface area contributed by atoms with Gasteiger partial charge in [0.2, 0.25) is 0 Å². The molecule has 4 nitrogen and oxygen atoms in total. The Kier molecular flexibility index (Phi) is 4.00. The topological polar surface area (TPSA) is 30.2 Å². The molecule has 130 valence electrons. The van der Waals surface area contributed by atoms with Crippen LogP contribution in [-0.2, 0) is 20.6 Å². The third-order valence-corrected chi connectivity index (χ3v) is 5.61. The van der Waals surface area contributed by atoms with Crippen LogP contribution in [0.25, 0.3) is 22.2 Å². The summed E-state index contributed by atoms with van der Waals surface area (Å²) in [7, 11) is 3.65. The average Bonchev–Trinajstić information content (AvgIpc) is 3.12. The minimum atomic E-state index is 0.0175. The maximum Gasteiger partial charge on any atom is 0.328 e. The van der Waals surface area contributed by atoms with Gasteiger partial charge in [-0.05, 0) is 61.2 Å². The van der Waals surface area contributed by atoms with Gasteiger partial charge in [-0.15, -0.1) is 0 Å². The zero-order chi connectivity index (χ0) is 17.6. The molecule has 1 fully saturated rings. The van der Waals surface area contributed by atoms with Gasteiger partial charge in [0.05, 0.1) is 11.0 Å². The van der Waals surface area contributed by atoms with Crippen LogP contribution in [0, 0.1) is 0 Å². The molecule has 0 spiro atoms. The van der Waals surface area contributed by atoms with Crippen LogP contribution >= 0.6 is 0 Å². The summed E-state index contributed by atoms with van der Waals surface area (Å²) in [5.74, 6) is 0. The Morgan fingerprint density at radius 3 is 2.52 bits per heavy atom. The van der Waals surface area contributed by atoms with Crippen molar-refractivity contribution >= 4 is 11.0 Å². The fourth-order valence-corrected chi connectivity index (χ4v) is 4.00. The first-order valence-electron chi connectivity index (χ1n) is 9.03. The monoisotopic (exact) mass is 335 g/mol. The third-order valence-electron chi connectivity index (χ3n) is 5.61. The number of nitrogens with zero attached hydrogens (tertiary/aromatic N) is 3. The fourth-order valence-electron chi connectivity index (χ4n) is 4.00. The van der Waals surface area contributed by atoms with E-state index in [-0.39, 0.29) is 5.69 Å². The molecule has 3 aromatic rings. The predicted molar refractivity (Wildman–Crippen MR) is 103 cm³/mol. The quantitative estimate of drug-likeness (QED) is 0.733. The Bertz CT molecular complexity index is 982. The van der Waals surface area contributed by atoms with Crippen molar-refractivity contribution in [2.24, 2.45) is 14.1 Å². The molecule has 1 aromatic heterocycles. The molecular weight excluding hydrogens is 310 g/mol. The van der Waals surface area contributed by atoms with Gasteiger partial charge >= 0.3 is 5.69 Å². The van der Waals surface area contributed by atoms with E-state index in [2.05, 4.69) is 48.2 Å². The lowest BCUT2D eigenvalue weighted by atomic mass is 10.0. The van der Waals surface area contributed by atoms with Gasteiger partial charge in [-0.2, -0.15) is 0 Å². The van der Waals surface area contributed by atoms with Crippen molar-refractivity contribution in [1.82, 2.24) is 14.0 Å². The van der Waals surface area contributed by atoms with Crippen LogP contribution in [0.5, 0.6) is 0 Å². The van der Waals surface area contributed by atoms with Crippen molar-refractivity contribution in [3.05, 3.63) is 58.5 Å². The minimum Gasteiger partial charge on any atom is -0.296 e. The second kappa shape index (κ2) is 6.19. The van der Waals surface area contributed by atoms with Crippen molar-refractivity contribution in [2.45, 2.75) is 32.4 Å². The zero-order valence-corrected chi connectivity index (χ0v) is 15.2. The molecule has 0 aliphatic carbocycles. The van der Waals surface area contributed by atoms with E-state index in [1.165, 1.54) is 30.5 Å². The first kappa shape index (κ1) is 16.2. The SMILES string of the molecule is CC1CCCN1Cc1cccc(-c2ccc3c(c2)n(C)c(=O)n3C)c1. The highest BCUT2D eigenvalue weighted by atomic mass is 16.1. The smallest absolute Gasteiger partial charge is 0.296 e. The Morgan fingerprint density at radius 1 is 1.00 bits per heavy atom. The van der Waals surface area contributed by atoms with E-state index in [9.17, 15) is 4.79 Å².